The summed E-state index contributed by atoms with van der Waals surface area (Å²) in [7, 11) is 0. The molecule has 0 bridgehead atoms. The Labute approximate surface area is 128 Å². The van der Waals surface area contributed by atoms with Crippen LogP contribution in [0.25, 0.3) is 16.7 Å². The lowest BCUT2D eigenvalue weighted by molar-refractivity contribution is -0.387. The first-order chi connectivity index (χ1) is 10.5. The second-order valence-electron chi connectivity index (χ2n) is 4.44. The number of nitrogens with zero attached hydrogens (tertiary/aromatic N) is 3. The third kappa shape index (κ3) is 2.08. The molecule has 0 aliphatic heterocycles. The highest BCUT2D eigenvalue weighted by atomic mass is 35.5. The summed E-state index contributed by atoms with van der Waals surface area (Å²) >= 11 is 5.84. The van der Waals surface area contributed by atoms with Gasteiger partial charge in [0, 0.05) is 0 Å². The van der Waals surface area contributed by atoms with Gasteiger partial charge in [0.25, 0.3) is 0 Å². The van der Waals surface area contributed by atoms with Gasteiger partial charge in [-0.1, -0.05) is 29.8 Å². The average Bonchev–Trinajstić information content (AvgIpc) is 2.47. The standard InChI is InChI=1S/C14H8ClN3O4/c15-10-7-6-9-12(19)11(18(21)22)14(20)17(13(9)16-10)8-4-2-1-3-5-8/h1-7,19H. The Bertz CT molecular complexity index is 954. The molecule has 0 spiro atoms. The average molecular weight is 318 g/mol. The predicted octanol–water partition coefficient (Wildman–Crippen LogP) is 2.65. The largest absolute Gasteiger partial charge is 0.501 e. The van der Waals surface area contributed by atoms with E-state index < -0.39 is 21.9 Å². The summed E-state index contributed by atoms with van der Waals surface area (Å²) in [5.74, 6) is -0.721. The van der Waals surface area contributed by atoms with Crippen LogP contribution in [0.5, 0.6) is 5.75 Å². The molecule has 2 aromatic heterocycles. The van der Waals surface area contributed by atoms with E-state index in [1.807, 2.05) is 0 Å². The van der Waals surface area contributed by atoms with E-state index in [1.165, 1.54) is 12.1 Å². The molecule has 1 N–H and O–H groups in total. The molecule has 3 rings (SSSR count). The molecule has 3 aromatic rings. The molecule has 1 aromatic carbocycles. The molecule has 0 unspecified atom stereocenters. The second kappa shape index (κ2) is 5.12. The van der Waals surface area contributed by atoms with E-state index in [2.05, 4.69) is 4.98 Å². The van der Waals surface area contributed by atoms with E-state index in [0.717, 1.165) is 4.57 Å². The van der Waals surface area contributed by atoms with Crippen LogP contribution in [-0.2, 0) is 0 Å². The zero-order valence-electron chi connectivity index (χ0n) is 10.9. The van der Waals surface area contributed by atoms with Crippen molar-refractivity contribution >= 4 is 28.3 Å². The smallest absolute Gasteiger partial charge is 0.376 e. The van der Waals surface area contributed by atoms with Crippen LogP contribution in [0.3, 0.4) is 0 Å². The molecule has 2 heterocycles. The third-order valence-electron chi connectivity index (χ3n) is 3.14. The zero-order valence-corrected chi connectivity index (χ0v) is 11.7. The SMILES string of the molecule is O=c1c([N+](=O)[O-])c(O)c2ccc(Cl)nc2n1-c1ccccc1. The molecule has 0 radical (unpaired) electrons. The number of aromatic nitrogens is 2. The maximum Gasteiger partial charge on any atom is 0.376 e. The van der Waals surface area contributed by atoms with Gasteiger partial charge in [-0.15, -0.1) is 0 Å². The molecule has 0 aliphatic rings. The van der Waals surface area contributed by atoms with Crippen molar-refractivity contribution in [2.45, 2.75) is 0 Å². The molecule has 0 saturated carbocycles. The van der Waals surface area contributed by atoms with E-state index in [9.17, 15) is 20.0 Å². The van der Waals surface area contributed by atoms with Gasteiger partial charge in [-0.25, -0.2) is 4.98 Å². The van der Waals surface area contributed by atoms with E-state index >= 15 is 0 Å². The number of para-hydroxylation sites is 1. The van der Waals surface area contributed by atoms with Crippen LogP contribution in [0, 0.1) is 10.1 Å². The number of rotatable bonds is 2. The van der Waals surface area contributed by atoms with Crippen LogP contribution in [0.2, 0.25) is 5.15 Å². The Morgan fingerprint density at radius 3 is 2.50 bits per heavy atom. The lowest BCUT2D eigenvalue weighted by Gasteiger charge is -2.11. The Hall–Kier alpha value is -2.93. The second-order valence-corrected chi connectivity index (χ2v) is 4.82. The quantitative estimate of drug-likeness (QED) is 0.445. The summed E-state index contributed by atoms with van der Waals surface area (Å²) in [6.45, 7) is 0. The fourth-order valence-electron chi connectivity index (χ4n) is 2.19. The highest BCUT2D eigenvalue weighted by Crippen LogP contribution is 2.32. The molecular weight excluding hydrogens is 310 g/mol. The number of pyridine rings is 2. The van der Waals surface area contributed by atoms with E-state index in [0.29, 0.717) is 5.69 Å². The van der Waals surface area contributed by atoms with Crippen molar-refractivity contribution in [3.8, 4) is 11.4 Å². The molecule has 0 fully saturated rings. The maximum atomic E-state index is 12.4. The monoisotopic (exact) mass is 317 g/mol. The molecular formula is C14H8ClN3O4. The van der Waals surface area contributed by atoms with Gasteiger partial charge in [0.05, 0.1) is 16.0 Å². The van der Waals surface area contributed by atoms with Gasteiger partial charge in [-0.3, -0.25) is 19.5 Å². The van der Waals surface area contributed by atoms with Crippen molar-refractivity contribution in [1.29, 1.82) is 0 Å². The van der Waals surface area contributed by atoms with Gasteiger partial charge in [0.2, 0.25) is 5.75 Å². The first kappa shape index (κ1) is 14.0. The number of hydrogen-bond donors (Lipinski definition) is 1. The number of fused-ring (bicyclic) bond motifs is 1. The highest BCUT2D eigenvalue weighted by molar-refractivity contribution is 6.29. The molecule has 0 atom stereocenters. The van der Waals surface area contributed by atoms with Crippen LogP contribution < -0.4 is 5.56 Å². The molecule has 110 valence electrons. The normalized spacial score (nSPS) is 10.8. The summed E-state index contributed by atoms with van der Waals surface area (Å²) < 4.78 is 1.05. The lowest BCUT2D eigenvalue weighted by Crippen LogP contribution is -2.22. The van der Waals surface area contributed by atoms with Gasteiger partial charge in [-0.2, -0.15) is 0 Å². The minimum atomic E-state index is -0.976. The van der Waals surface area contributed by atoms with Crippen molar-refractivity contribution in [2.24, 2.45) is 0 Å². The highest BCUT2D eigenvalue weighted by Gasteiger charge is 2.27. The van der Waals surface area contributed by atoms with E-state index in [-0.39, 0.29) is 16.2 Å². The number of hydrogen-bond acceptors (Lipinski definition) is 5. The first-order valence-corrected chi connectivity index (χ1v) is 6.52. The Morgan fingerprint density at radius 2 is 1.86 bits per heavy atom. The maximum absolute atomic E-state index is 12.4. The first-order valence-electron chi connectivity index (χ1n) is 6.14. The third-order valence-corrected chi connectivity index (χ3v) is 3.35. The van der Waals surface area contributed by atoms with Crippen LogP contribution in [0.4, 0.5) is 5.69 Å². The lowest BCUT2D eigenvalue weighted by atomic mass is 10.2. The molecule has 7 nitrogen and oxygen atoms in total. The van der Waals surface area contributed by atoms with Gasteiger partial charge >= 0.3 is 11.2 Å². The minimum absolute atomic E-state index is 0.0480. The molecule has 0 amide bonds. The van der Waals surface area contributed by atoms with Crippen molar-refractivity contribution in [1.82, 2.24) is 9.55 Å². The Kier molecular flexibility index (Phi) is 3.26. The van der Waals surface area contributed by atoms with Crippen molar-refractivity contribution in [2.75, 3.05) is 0 Å². The summed E-state index contributed by atoms with van der Waals surface area (Å²) in [6, 6.07) is 11.1. The van der Waals surface area contributed by atoms with Gasteiger partial charge in [-0.05, 0) is 24.3 Å². The molecule has 8 heteroatoms. The van der Waals surface area contributed by atoms with Crippen molar-refractivity contribution in [3.05, 3.63) is 68.1 Å². The fourth-order valence-corrected chi connectivity index (χ4v) is 2.34. The molecule has 0 saturated heterocycles. The number of halogens is 1. The topological polar surface area (TPSA) is 98.3 Å². The van der Waals surface area contributed by atoms with Crippen LogP contribution in [0.15, 0.2) is 47.3 Å². The predicted molar refractivity (Wildman–Crippen MR) is 80.7 cm³/mol. The van der Waals surface area contributed by atoms with Gasteiger partial charge in [0.15, 0.2) is 5.65 Å². The fraction of sp³-hybridized carbons (Fsp3) is 0. The minimum Gasteiger partial charge on any atom is -0.501 e. The van der Waals surface area contributed by atoms with E-state index in [4.69, 9.17) is 11.6 Å². The Morgan fingerprint density at radius 1 is 1.18 bits per heavy atom. The van der Waals surface area contributed by atoms with Crippen LogP contribution in [-0.4, -0.2) is 19.6 Å². The van der Waals surface area contributed by atoms with E-state index in [1.54, 1.807) is 30.3 Å². The van der Waals surface area contributed by atoms with Gasteiger partial charge in [0.1, 0.15) is 5.15 Å². The summed E-state index contributed by atoms with van der Waals surface area (Å²) in [5.41, 5.74) is -1.45. The Balaban J connectivity index is 2.56. The zero-order chi connectivity index (χ0) is 15.9. The van der Waals surface area contributed by atoms with Crippen LogP contribution >= 0.6 is 11.6 Å². The summed E-state index contributed by atoms with van der Waals surface area (Å²) in [6.07, 6.45) is 0. The summed E-state index contributed by atoms with van der Waals surface area (Å²) in [5, 5.41) is 21.3. The van der Waals surface area contributed by atoms with Crippen molar-refractivity contribution < 1.29 is 10.0 Å². The van der Waals surface area contributed by atoms with Gasteiger partial charge < -0.3 is 5.11 Å². The molecule has 22 heavy (non-hydrogen) atoms. The molecule has 0 aliphatic carbocycles. The number of aromatic hydroxyl groups is 1. The van der Waals surface area contributed by atoms with Crippen molar-refractivity contribution in [3.63, 3.8) is 0 Å². The number of nitro groups is 1. The number of benzene rings is 1. The van der Waals surface area contributed by atoms with Crippen LogP contribution in [0.1, 0.15) is 0 Å². The summed E-state index contributed by atoms with van der Waals surface area (Å²) in [4.78, 5) is 26.7.